The van der Waals surface area contributed by atoms with E-state index in [0.717, 1.165) is 32.0 Å². The summed E-state index contributed by atoms with van der Waals surface area (Å²) in [6, 6.07) is 11.4. The summed E-state index contributed by atoms with van der Waals surface area (Å²) in [6.07, 6.45) is 0. The molecule has 0 aliphatic heterocycles. The van der Waals surface area contributed by atoms with Gasteiger partial charge in [0.25, 0.3) is 0 Å². The van der Waals surface area contributed by atoms with E-state index >= 15 is 0 Å². The number of aryl methyl sites for hydroxylation is 1. The quantitative estimate of drug-likeness (QED) is 0.775. The first kappa shape index (κ1) is 15.9. The van der Waals surface area contributed by atoms with Crippen LogP contribution in [-0.4, -0.2) is 18.2 Å². The Morgan fingerprint density at radius 2 is 2.05 bits per heavy atom. The molecule has 0 fully saturated rings. The normalized spacial score (nSPS) is 10.4. The number of halogens is 1. The lowest BCUT2D eigenvalue weighted by atomic mass is 10.1. The number of carbonyl (C=O) groups is 1. The molecule has 0 heterocycles. The van der Waals surface area contributed by atoms with Crippen LogP contribution >= 0.6 is 27.7 Å². The number of rotatable bonds is 5. The minimum absolute atomic E-state index is 0.357. The molecule has 0 unspecified atom stereocenters. The third kappa shape index (κ3) is 4.02. The molecule has 0 aromatic heterocycles. The van der Waals surface area contributed by atoms with E-state index in [-0.39, 0.29) is 0 Å². The van der Waals surface area contributed by atoms with Crippen molar-refractivity contribution in [2.75, 3.05) is 7.11 Å². The molecule has 1 N–H and O–H groups in total. The van der Waals surface area contributed by atoms with E-state index < -0.39 is 5.97 Å². The van der Waals surface area contributed by atoms with Crippen molar-refractivity contribution >= 4 is 33.7 Å². The Morgan fingerprint density at radius 3 is 2.67 bits per heavy atom. The minimum atomic E-state index is -0.887. The summed E-state index contributed by atoms with van der Waals surface area (Å²) in [5.41, 5.74) is 2.28. The van der Waals surface area contributed by atoms with Crippen molar-refractivity contribution in [2.24, 2.45) is 0 Å². The molecule has 0 amide bonds. The van der Waals surface area contributed by atoms with Crippen molar-refractivity contribution in [3.63, 3.8) is 0 Å². The zero-order valence-corrected chi connectivity index (χ0v) is 14.1. The van der Waals surface area contributed by atoms with Crippen LogP contribution in [0.4, 0.5) is 0 Å². The van der Waals surface area contributed by atoms with E-state index in [1.165, 1.54) is 0 Å². The number of benzene rings is 2. The molecular weight excluding hydrogens is 352 g/mol. The second-order valence-corrected chi connectivity index (χ2v) is 6.44. The third-order valence-electron chi connectivity index (χ3n) is 3.06. The molecule has 0 radical (unpaired) electrons. The first-order chi connectivity index (χ1) is 10.0. The van der Waals surface area contributed by atoms with Gasteiger partial charge in [-0.25, -0.2) is 4.79 Å². The van der Waals surface area contributed by atoms with Crippen LogP contribution in [0, 0.1) is 6.92 Å². The number of hydrogen-bond acceptors (Lipinski definition) is 3. The van der Waals surface area contributed by atoms with E-state index in [9.17, 15) is 4.79 Å². The molecule has 3 nitrogen and oxygen atoms in total. The second-order valence-electron chi connectivity index (χ2n) is 4.54. The second kappa shape index (κ2) is 7.00. The zero-order valence-electron chi connectivity index (χ0n) is 11.7. The molecule has 2 aromatic carbocycles. The predicted octanol–water partition coefficient (Wildman–Crippen LogP) is 4.76. The maximum absolute atomic E-state index is 11.1. The highest BCUT2D eigenvalue weighted by Crippen LogP contribution is 2.30. The largest absolute Gasteiger partial charge is 0.496 e. The highest BCUT2D eigenvalue weighted by molar-refractivity contribution is 9.10. The van der Waals surface area contributed by atoms with Crippen LogP contribution in [0.2, 0.25) is 0 Å². The number of aromatic carboxylic acids is 1. The number of ether oxygens (including phenoxy) is 1. The molecule has 0 spiro atoms. The van der Waals surface area contributed by atoms with Gasteiger partial charge in [-0.15, -0.1) is 11.8 Å². The lowest BCUT2D eigenvalue weighted by Crippen LogP contribution is -1.99. The molecule has 0 aliphatic rings. The molecule has 0 saturated heterocycles. The van der Waals surface area contributed by atoms with E-state index in [2.05, 4.69) is 15.9 Å². The van der Waals surface area contributed by atoms with Gasteiger partial charge in [-0.05, 0) is 58.2 Å². The van der Waals surface area contributed by atoms with Gasteiger partial charge in [-0.3, -0.25) is 0 Å². The van der Waals surface area contributed by atoms with Crippen LogP contribution in [-0.2, 0) is 5.75 Å². The van der Waals surface area contributed by atoms with Gasteiger partial charge in [0.15, 0.2) is 0 Å². The number of hydrogen-bond donors (Lipinski definition) is 1. The summed E-state index contributed by atoms with van der Waals surface area (Å²) in [7, 11) is 1.63. The van der Waals surface area contributed by atoms with Crippen LogP contribution < -0.4 is 4.74 Å². The highest BCUT2D eigenvalue weighted by Gasteiger charge is 2.08. The fourth-order valence-corrected chi connectivity index (χ4v) is 3.35. The van der Waals surface area contributed by atoms with Crippen molar-refractivity contribution in [3.8, 4) is 5.75 Å². The summed E-state index contributed by atoms with van der Waals surface area (Å²) in [4.78, 5) is 12.1. The van der Waals surface area contributed by atoms with Crippen LogP contribution in [0.3, 0.4) is 0 Å². The molecular formula is C16H15BrO3S. The minimum Gasteiger partial charge on any atom is -0.496 e. The first-order valence-corrected chi connectivity index (χ1v) is 8.08. The summed E-state index contributed by atoms with van der Waals surface area (Å²) in [5.74, 6) is 0.680. The van der Waals surface area contributed by atoms with Crippen molar-refractivity contribution in [3.05, 3.63) is 57.6 Å². The van der Waals surface area contributed by atoms with Gasteiger partial charge in [0, 0.05) is 10.6 Å². The Balaban J connectivity index is 2.11. The van der Waals surface area contributed by atoms with Crippen LogP contribution in [0.25, 0.3) is 0 Å². The van der Waals surface area contributed by atoms with Gasteiger partial charge in [0.2, 0.25) is 0 Å². The van der Waals surface area contributed by atoms with Crippen LogP contribution in [0.1, 0.15) is 21.5 Å². The molecule has 2 rings (SSSR count). The van der Waals surface area contributed by atoms with Crippen LogP contribution in [0.5, 0.6) is 5.75 Å². The summed E-state index contributed by atoms with van der Waals surface area (Å²) in [6.45, 7) is 1.80. The van der Waals surface area contributed by atoms with Gasteiger partial charge >= 0.3 is 5.97 Å². The summed E-state index contributed by atoms with van der Waals surface area (Å²) in [5, 5.41) is 9.14. The average Bonchev–Trinajstić information content (AvgIpc) is 2.46. The zero-order chi connectivity index (χ0) is 15.4. The number of thioether (sulfide) groups is 1. The number of carboxylic acids is 1. The summed E-state index contributed by atoms with van der Waals surface area (Å²) >= 11 is 5.07. The molecule has 0 aliphatic carbocycles. The Morgan fingerprint density at radius 1 is 1.29 bits per heavy atom. The molecule has 0 saturated carbocycles. The van der Waals surface area contributed by atoms with E-state index in [0.29, 0.717) is 5.56 Å². The Labute approximate surface area is 136 Å². The number of carboxylic acid groups (broad SMARTS) is 1. The molecule has 0 atom stereocenters. The van der Waals surface area contributed by atoms with Crippen molar-refractivity contribution in [2.45, 2.75) is 17.6 Å². The fraction of sp³-hybridized carbons (Fsp3) is 0.188. The first-order valence-electron chi connectivity index (χ1n) is 6.30. The number of methoxy groups -OCH3 is 1. The van der Waals surface area contributed by atoms with Gasteiger partial charge in [0.05, 0.1) is 17.1 Å². The van der Waals surface area contributed by atoms with E-state index in [1.54, 1.807) is 31.9 Å². The maximum Gasteiger partial charge on any atom is 0.335 e. The lowest BCUT2D eigenvalue weighted by Gasteiger charge is -2.08. The third-order valence-corrected chi connectivity index (χ3v) is 4.75. The molecule has 21 heavy (non-hydrogen) atoms. The van der Waals surface area contributed by atoms with Crippen molar-refractivity contribution in [1.29, 1.82) is 0 Å². The van der Waals surface area contributed by atoms with E-state index in [1.807, 2.05) is 30.3 Å². The predicted molar refractivity (Wildman–Crippen MR) is 88.4 cm³/mol. The maximum atomic E-state index is 11.1. The van der Waals surface area contributed by atoms with E-state index in [4.69, 9.17) is 9.84 Å². The average molecular weight is 367 g/mol. The SMILES string of the molecule is COc1ccc(CSc2ccc(C)c(C(=O)O)c2)cc1Br. The molecule has 2 aromatic rings. The Bertz CT molecular complexity index is 671. The van der Waals surface area contributed by atoms with Gasteiger partial charge in [-0.2, -0.15) is 0 Å². The van der Waals surface area contributed by atoms with Crippen molar-refractivity contribution < 1.29 is 14.6 Å². The van der Waals surface area contributed by atoms with Gasteiger partial charge in [-0.1, -0.05) is 12.1 Å². The van der Waals surface area contributed by atoms with Gasteiger partial charge < -0.3 is 9.84 Å². The smallest absolute Gasteiger partial charge is 0.335 e. The topological polar surface area (TPSA) is 46.5 Å². The Hall–Kier alpha value is -1.46. The van der Waals surface area contributed by atoms with Gasteiger partial charge in [0.1, 0.15) is 5.75 Å². The molecule has 110 valence electrons. The highest BCUT2D eigenvalue weighted by atomic mass is 79.9. The van der Waals surface area contributed by atoms with Crippen molar-refractivity contribution in [1.82, 2.24) is 0 Å². The standard InChI is InChI=1S/C16H15BrO3S/c1-10-3-5-12(8-13(10)16(18)19)21-9-11-4-6-15(20-2)14(17)7-11/h3-8H,9H2,1-2H3,(H,18,19). The lowest BCUT2D eigenvalue weighted by molar-refractivity contribution is 0.0696. The molecule has 5 heteroatoms. The Kier molecular flexibility index (Phi) is 5.31. The fourth-order valence-electron chi connectivity index (χ4n) is 1.89. The van der Waals surface area contributed by atoms with Crippen LogP contribution in [0.15, 0.2) is 45.8 Å². The monoisotopic (exact) mass is 366 g/mol. The molecule has 0 bridgehead atoms. The summed E-state index contributed by atoms with van der Waals surface area (Å²) < 4.78 is 6.11.